The molecule has 3 fully saturated rings. The van der Waals surface area contributed by atoms with E-state index < -0.39 is 30.9 Å². The van der Waals surface area contributed by atoms with Crippen LogP contribution < -0.4 is 15.0 Å². The second-order valence-corrected chi connectivity index (χ2v) is 11.5. The molecule has 4 heterocycles. The van der Waals surface area contributed by atoms with Crippen LogP contribution >= 0.6 is 0 Å². The molecule has 6 rings (SSSR count). The van der Waals surface area contributed by atoms with Crippen LogP contribution in [0.3, 0.4) is 0 Å². The summed E-state index contributed by atoms with van der Waals surface area (Å²) in [7, 11) is 0. The number of aliphatic hydroxyl groups excluding tert-OH is 2. The summed E-state index contributed by atoms with van der Waals surface area (Å²) in [6.07, 6.45) is -2.37. The number of likely N-dealkylation sites (tertiary alicyclic amines) is 1. The lowest BCUT2D eigenvalue weighted by molar-refractivity contribution is -0.146. The van der Waals surface area contributed by atoms with E-state index in [4.69, 9.17) is 14.6 Å². The highest BCUT2D eigenvalue weighted by Crippen LogP contribution is 2.30. The molecule has 3 aromatic rings. The Labute approximate surface area is 264 Å². The number of piperidine rings is 1. The minimum absolute atomic E-state index is 0.134. The molecule has 0 aliphatic carbocycles. The first kappa shape index (κ1) is 31.6. The number of nitriles is 1. The van der Waals surface area contributed by atoms with Crippen molar-refractivity contribution >= 4 is 23.1 Å². The number of rotatable bonds is 9. The molecule has 46 heavy (non-hydrogen) atoms. The first-order chi connectivity index (χ1) is 22.3. The number of piperazine rings is 1. The van der Waals surface area contributed by atoms with Gasteiger partial charge in [0.2, 0.25) is 0 Å². The second-order valence-electron chi connectivity index (χ2n) is 11.5. The maximum absolute atomic E-state index is 15.2. The van der Waals surface area contributed by atoms with Gasteiger partial charge in [-0.2, -0.15) is 5.26 Å². The second kappa shape index (κ2) is 13.9. The van der Waals surface area contributed by atoms with Gasteiger partial charge in [0.15, 0.2) is 18.1 Å². The van der Waals surface area contributed by atoms with Crippen LogP contribution in [0.25, 0.3) is 11.4 Å². The molecular weight excluding hydrogens is 600 g/mol. The van der Waals surface area contributed by atoms with E-state index in [-0.39, 0.29) is 36.6 Å². The number of aliphatic hydroxyl groups is 2. The zero-order valence-electron chi connectivity index (χ0n) is 25.1. The van der Waals surface area contributed by atoms with Crippen molar-refractivity contribution in [2.24, 2.45) is 0 Å². The summed E-state index contributed by atoms with van der Waals surface area (Å²) < 4.78 is 41.2. The fourth-order valence-electron chi connectivity index (χ4n) is 5.85. The summed E-state index contributed by atoms with van der Waals surface area (Å²) in [6, 6.07) is 14.0. The minimum Gasteiger partial charge on any atom is -0.486 e. The van der Waals surface area contributed by atoms with Crippen molar-refractivity contribution in [3.63, 3.8) is 0 Å². The van der Waals surface area contributed by atoms with Crippen LogP contribution in [0.4, 0.5) is 26.0 Å². The van der Waals surface area contributed by atoms with Crippen molar-refractivity contribution in [3.05, 3.63) is 60.0 Å². The average molecular weight is 636 g/mol. The van der Waals surface area contributed by atoms with Gasteiger partial charge in [0.25, 0.3) is 5.91 Å². The van der Waals surface area contributed by atoms with Gasteiger partial charge in [0, 0.05) is 56.6 Å². The number of ether oxygens (including phenoxy) is 2. The van der Waals surface area contributed by atoms with E-state index in [9.17, 15) is 19.6 Å². The number of carbonyl (C=O) groups is 1. The Kier molecular flexibility index (Phi) is 9.55. The van der Waals surface area contributed by atoms with Crippen LogP contribution in [0.15, 0.2) is 48.7 Å². The average Bonchev–Trinajstić information content (AvgIpc) is 3.05. The Morgan fingerprint density at radius 3 is 2.63 bits per heavy atom. The van der Waals surface area contributed by atoms with Crippen LogP contribution in [0.1, 0.15) is 12.0 Å². The molecule has 2 aromatic carbocycles. The van der Waals surface area contributed by atoms with Gasteiger partial charge in [-0.25, -0.2) is 18.7 Å². The zero-order valence-corrected chi connectivity index (χ0v) is 25.1. The molecule has 14 heteroatoms. The Hall–Kier alpha value is -4.42. The third-order valence-corrected chi connectivity index (χ3v) is 8.56. The number of carbonyl (C=O) groups excluding carboxylic acids is 1. The molecule has 1 amide bonds. The number of hydrogen-bond donors (Lipinski definition) is 3. The van der Waals surface area contributed by atoms with Crippen molar-refractivity contribution in [2.75, 3.05) is 69.3 Å². The van der Waals surface area contributed by atoms with Crippen LogP contribution in [-0.4, -0.2) is 119 Å². The number of nitrogens with one attached hydrogen (secondary N) is 1. The molecule has 0 bridgehead atoms. The number of hydrogen-bond acceptors (Lipinski definition) is 11. The monoisotopic (exact) mass is 635 g/mol. The van der Waals surface area contributed by atoms with Crippen molar-refractivity contribution in [3.8, 4) is 23.2 Å². The third kappa shape index (κ3) is 6.87. The Morgan fingerprint density at radius 1 is 1.15 bits per heavy atom. The summed E-state index contributed by atoms with van der Waals surface area (Å²) in [4.78, 5) is 26.5. The number of alkyl halides is 1. The van der Waals surface area contributed by atoms with Gasteiger partial charge in [0.05, 0.1) is 43.7 Å². The van der Waals surface area contributed by atoms with Gasteiger partial charge in [0.1, 0.15) is 29.6 Å². The smallest absolute Gasteiger partial charge is 0.253 e. The number of amides is 1. The highest BCUT2D eigenvalue weighted by Gasteiger charge is 2.35. The van der Waals surface area contributed by atoms with Crippen molar-refractivity contribution in [1.82, 2.24) is 19.8 Å². The van der Waals surface area contributed by atoms with E-state index >= 15 is 4.39 Å². The first-order valence-electron chi connectivity index (χ1n) is 15.2. The number of nitrogens with zero attached hydrogens (tertiary/aromatic N) is 6. The standard InChI is InChI=1S/C32H35F2N7O5/c33-24-14-22(2-3-26(24)40-11-9-39(10-12-40)23-18-45-19-23)37-30-5-7-36-31(38-30)20-1-4-28(21(13-20)15-35)46-29-6-8-41(16-25(29)34)32(44)27(43)17-42/h1-5,7,13-14,23,25,27,29,42-43H,6,8-12,16-19H2,(H,36,37,38)/t25-,27+,29+/m1/s1. The van der Waals surface area contributed by atoms with Crippen LogP contribution in [0, 0.1) is 17.1 Å². The SMILES string of the molecule is N#Cc1cc(-c2nccc(Nc3ccc(N4CCN(C5COC5)CC4)c(F)c3)n2)ccc1O[C@H]1CCN(C(=O)[C@@H](O)CO)C[C@H]1F. The molecule has 3 aliphatic heterocycles. The molecule has 3 N–H and O–H groups in total. The van der Waals surface area contributed by atoms with Crippen molar-refractivity contribution in [1.29, 1.82) is 5.26 Å². The normalized spacial score (nSPS) is 21.3. The van der Waals surface area contributed by atoms with Gasteiger partial charge < -0.3 is 34.8 Å². The predicted molar refractivity (Wildman–Crippen MR) is 164 cm³/mol. The molecule has 3 saturated heterocycles. The number of benzene rings is 2. The van der Waals surface area contributed by atoms with E-state index in [1.165, 1.54) is 6.07 Å². The molecule has 0 radical (unpaired) electrons. The van der Waals surface area contributed by atoms with Crippen molar-refractivity contribution in [2.45, 2.75) is 30.8 Å². The van der Waals surface area contributed by atoms with E-state index in [1.54, 1.807) is 42.6 Å². The third-order valence-electron chi connectivity index (χ3n) is 8.56. The maximum Gasteiger partial charge on any atom is 0.253 e. The zero-order chi connectivity index (χ0) is 32.2. The summed E-state index contributed by atoms with van der Waals surface area (Å²) >= 11 is 0. The molecule has 3 aliphatic rings. The lowest BCUT2D eigenvalue weighted by atomic mass is 10.0. The number of anilines is 3. The van der Waals surface area contributed by atoms with Crippen molar-refractivity contribution < 1.29 is 33.3 Å². The first-order valence-corrected chi connectivity index (χ1v) is 15.2. The molecule has 1 aromatic heterocycles. The molecule has 3 atom stereocenters. The lowest BCUT2D eigenvalue weighted by Crippen LogP contribution is -2.56. The predicted octanol–water partition coefficient (Wildman–Crippen LogP) is 2.09. The highest BCUT2D eigenvalue weighted by molar-refractivity contribution is 5.81. The fourth-order valence-corrected chi connectivity index (χ4v) is 5.85. The Morgan fingerprint density at radius 2 is 1.96 bits per heavy atom. The summed E-state index contributed by atoms with van der Waals surface area (Å²) in [5, 5.41) is 31.5. The van der Waals surface area contributed by atoms with Gasteiger partial charge >= 0.3 is 0 Å². The molecule has 242 valence electrons. The largest absolute Gasteiger partial charge is 0.486 e. The van der Waals surface area contributed by atoms with E-state index in [2.05, 4.69) is 31.2 Å². The van der Waals surface area contributed by atoms with Crippen LogP contribution in [0.5, 0.6) is 5.75 Å². The number of aromatic nitrogens is 2. The fraction of sp³-hybridized carbons (Fsp3) is 0.438. The van der Waals surface area contributed by atoms with Gasteiger partial charge in [-0.05, 0) is 42.5 Å². The Bertz CT molecular complexity index is 1600. The van der Waals surface area contributed by atoms with Gasteiger partial charge in [-0.3, -0.25) is 9.69 Å². The molecule has 0 spiro atoms. The molecular formula is C32H35F2N7O5. The topological polar surface area (TPSA) is 147 Å². The van der Waals surface area contributed by atoms with Crippen LogP contribution in [0.2, 0.25) is 0 Å². The summed E-state index contributed by atoms with van der Waals surface area (Å²) in [5.41, 5.74) is 1.76. The summed E-state index contributed by atoms with van der Waals surface area (Å²) in [5.74, 6) is -0.145. The lowest BCUT2D eigenvalue weighted by Gasteiger charge is -2.43. The molecule has 0 unspecified atom stereocenters. The van der Waals surface area contributed by atoms with E-state index in [0.29, 0.717) is 34.6 Å². The molecule has 12 nitrogen and oxygen atoms in total. The summed E-state index contributed by atoms with van der Waals surface area (Å²) in [6.45, 7) is 3.86. The maximum atomic E-state index is 15.2. The highest BCUT2D eigenvalue weighted by atomic mass is 19.1. The Balaban J connectivity index is 1.09. The van der Waals surface area contributed by atoms with Crippen LogP contribution in [-0.2, 0) is 9.53 Å². The van der Waals surface area contributed by atoms with E-state index in [1.807, 2.05) is 0 Å². The van der Waals surface area contributed by atoms with Gasteiger partial charge in [-0.15, -0.1) is 0 Å². The quantitative estimate of drug-likeness (QED) is 0.318. The molecule has 0 saturated carbocycles. The van der Waals surface area contributed by atoms with Gasteiger partial charge in [-0.1, -0.05) is 0 Å². The minimum atomic E-state index is -1.59. The number of halogens is 2. The van der Waals surface area contributed by atoms with E-state index in [0.717, 1.165) is 44.3 Å².